The zero-order valence-electron chi connectivity index (χ0n) is 14.0. The van der Waals surface area contributed by atoms with E-state index < -0.39 is 0 Å². The summed E-state index contributed by atoms with van der Waals surface area (Å²) in [5.74, 6) is -0.0982. The monoisotopic (exact) mass is 340 g/mol. The fraction of sp³-hybridized carbons (Fsp3) is 0.389. The second-order valence-electron chi connectivity index (χ2n) is 6.54. The first-order valence-electron chi connectivity index (χ1n) is 8.35. The Balaban J connectivity index is 1.51. The Kier molecular flexibility index (Phi) is 4.01. The van der Waals surface area contributed by atoms with Crippen LogP contribution in [0, 0.1) is 0 Å². The van der Waals surface area contributed by atoms with E-state index in [0.717, 1.165) is 5.56 Å². The number of amides is 2. The SMILES string of the molecule is Cn1cc(C(=O)N2C[C@@H]3[C@@H](C2)OCC(=O)N3Cc2ccccc2)cn1. The summed E-state index contributed by atoms with van der Waals surface area (Å²) in [6.07, 6.45) is 3.14. The molecule has 0 N–H and O–H groups in total. The molecule has 2 aliphatic heterocycles. The summed E-state index contributed by atoms with van der Waals surface area (Å²) in [6, 6.07) is 9.78. The van der Waals surface area contributed by atoms with Gasteiger partial charge in [-0.3, -0.25) is 14.3 Å². The van der Waals surface area contributed by atoms with E-state index in [9.17, 15) is 9.59 Å². The van der Waals surface area contributed by atoms with E-state index >= 15 is 0 Å². The first kappa shape index (κ1) is 15.8. The van der Waals surface area contributed by atoms with Crippen LogP contribution in [-0.4, -0.2) is 63.2 Å². The van der Waals surface area contributed by atoms with E-state index in [-0.39, 0.29) is 30.6 Å². The molecule has 3 heterocycles. The highest BCUT2D eigenvalue weighted by Crippen LogP contribution is 2.26. The van der Waals surface area contributed by atoms with E-state index in [4.69, 9.17) is 4.74 Å². The van der Waals surface area contributed by atoms with E-state index in [2.05, 4.69) is 5.10 Å². The zero-order valence-corrected chi connectivity index (χ0v) is 14.0. The van der Waals surface area contributed by atoms with Crippen molar-refractivity contribution in [3.05, 3.63) is 53.9 Å². The molecule has 1 aromatic heterocycles. The number of aryl methyl sites for hydroxylation is 1. The van der Waals surface area contributed by atoms with Gasteiger partial charge in [0.05, 0.1) is 23.9 Å². The van der Waals surface area contributed by atoms with E-state index in [1.54, 1.807) is 29.0 Å². The van der Waals surface area contributed by atoms with Crippen LogP contribution in [0.5, 0.6) is 0 Å². The van der Waals surface area contributed by atoms with Crippen molar-refractivity contribution in [3.8, 4) is 0 Å². The molecule has 0 spiro atoms. The van der Waals surface area contributed by atoms with Gasteiger partial charge in [-0.1, -0.05) is 30.3 Å². The van der Waals surface area contributed by atoms with Crippen molar-refractivity contribution >= 4 is 11.8 Å². The molecule has 0 unspecified atom stereocenters. The number of hydrogen-bond donors (Lipinski definition) is 0. The maximum atomic E-state index is 12.7. The van der Waals surface area contributed by atoms with Crippen molar-refractivity contribution in [1.29, 1.82) is 0 Å². The topological polar surface area (TPSA) is 67.7 Å². The smallest absolute Gasteiger partial charge is 0.257 e. The second kappa shape index (κ2) is 6.33. The molecule has 2 fully saturated rings. The third-order valence-corrected chi connectivity index (χ3v) is 4.81. The highest BCUT2D eigenvalue weighted by atomic mass is 16.5. The maximum absolute atomic E-state index is 12.7. The maximum Gasteiger partial charge on any atom is 0.257 e. The summed E-state index contributed by atoms with van der Waals surface area (Å²) >= 11 is 0. The van der Waals surface area contributed by atoms with Crippen LogP contribution in [-0.2, 0) is 23.1 Å². The standard InChI is InChI=1S/C18H20N4O3/c1-20-9-14(7-19-20)18(24)21-10-15-16(11-21)25-12-17(23)22(15)8-13-5-3-2-4-6-13/h2-7,9,15-16H,8,10-12H2,1H3/t15-,16-/m1/s1. The summed E-state index contributed by atoms with van der Waals surface area (Å²) in [6.45, 7) is 1.59. The van der Waals surface area contributed by atoms with Crippen LogP contribution in [0.3, 0.4) is 0 Å². The van der Waals surface area contributed by atoms with Gasteiger partial charge in [0.2, 0.25) is 5.91 Å². The number of carbonyl (C=O) groups excluding carboxylic acids is 2. The largest absolute Gasteiger partial charge is 0.364 e. The number of nitrogens with zero attached hydrogens (tertiary/aromatic N) is 4. The van der Waals surface area contributed by atoms with Crippen LogP contribution in [0.4, 0.5) is 0 Å². The zero-order chi connectivity index (χ0) is 17.4. The number of morpholine rings is 1. The van der Waals surface area contributed by atoms with Crippen LogP contribution in [0.1, 0.15) is 15.9 Å². The fourth-order valence-electron chi connectivity index (χ4n) is 3.53. The molecule has 0 bridgehead atoms. The van der Waals surface area contributed by atoms with Crippen molar-refractivity contribution in [2.75, 3.05) is 19.7 Å². The average molecular weight is 340 g/mol. The molecule has 0 aliphatic carbocycles. The van der Waals surface area contributed by atoms with Gasteiger partial charge in [0, 0.05) is 32.9 Å². The summed E-state index contributed by atoms with van der Waals surface area (Å²) in [4.78, 5) is 28.6. The molecule has 0 saturated carbocycles. The van der Waals surface area contributed by atoms with Gasteiger partial charge in [0.15, 0.2) is 0 Å². The molecule has 2 amide bonds. The number of likely N-dealkylation sites (tertiary alicyclic amines) is 1. The Morgan fingerprint density at radius 1 is 1.28 bits per heavy atom. The molecule has 2 atom stereocenters. The van der Waals surface area contributed by atoms with Crippen molar-refractivity contribution in [3.63, 3.8) is 0 Å². The first-order valence-corrected chi connectivity index (χ1v) is 8.35. The number of fused-ring (bicyclic) bond motifs is 1. The average Bonchev–Trinajstić information content (AvgIpc) is 3.24. The van der Waals surface area contributed by atoms with Crippen molar-refractivity contribution in [2.24, 2.45) is 7.05 Å². The van der Waals surface area contributed by atoms with Crippen LogP contribution in [0.2, 0.25) is 0 Å². The second-order valence-corrected chi connectivity index (χ2v) is 6.54. The normalized spacial score (nSPS) is 23.0. The Hall–Kier alpha value is -2.67. The number of ether oxygens (including phenoxy) is 1. The Bertz CT molecular complexity index is 789. The lowest BCUT2D eigenvalue weighted by atomic mass is 10.1. The highest BCUT2D eigenvalue weighted by Gasteiger charge is 2.44. The van der Waals surface area contributed by atoms with E-state index in [1.165, 1.54) is 0 Å². The molecule has 1 aromatic carbocycles. The lowest BCUT2D eigenvalue weighted by Gasteiger charge is -2.36. The minimum Gasteiger partial charge on any atom is -0.364 e. The highest BCUT2D eigenvalue weighted by molar-refractivity contribution is 5.94. The first-order chi connectivity index (χ1) is 12.1. The molecule has 0 radical (unpaired) electrons. The van der Waals surface area contributed by atoms with Crippen LogP contribution in [0.25, 0.3) is 0 Å². The van der Waals surface area contributed by atoms with Gasteiger partial charge in [-0.15, -0.1) is 0 Å². The molecule has 2 aromatic rings. The number of benzene rings is 1. The molecule has 2 saturated heterocycles. The van der Waals surface area contributed by atoms with Gasteiger partial charge in [0.1, 0.15) is 6.61 Å². The number of carbonyl (C=O) groups is 2. The van der Waals surface area contributed by atoms with Crippen LogP contribution >= 0.6 is 0 Å². The van der Waals surface area contributed by atoms with Gasteiger partial charge < -0.3 is 14.5 Å². The Labute approximate surface area is 145 Å². The molecule has 130 valence electrons. The minimum absolute atomic E-state index is 0.0271. The molecular weight excluding hydrogens is 320 g/mol. The minimum atomic E-state index is -0.137. The number of hydrogen-bond acceptors (Lipinski definition) is 4. The van der Waals surface area contributed by atoms with E-state index in [0.29, 0.717) is 25.2 Å². The van der Waals surface area contributed by atoms with E-state index in [1.807, 2.05) is 35.2 Å². The van der Waals surface area contributed by atoms with Crippen molar-refractivity contribution in [1.82, 2.24) is 19.6 Å². The lowest BCUT2D eigenvalue weighted by molar-refractivity contribution is -0.153. The predicted molar refractivity (Wildman–Crippen MR) is 89.6 cm³/mol. The van der Waals surface area contributed by atoms with Crippen molar-refractivity contribution < 1.29 is 14.3 Å². The summed E-state index contributed by atoms with van der Waals surface area (Å²) in [5.41, 5.74) is 1.63. The van der Waals surface area contributed by atoms with Gasteiger partial charge in [-0.25, -0.2) is 0 Å². The van der Waals surface area contributed by atoms with Gasteiger partial charge in [-0.05, 0) is 5.56 Å². The summed E-state index contributed by atoms with van der Waals surface area (Å²) < 4.78 is 7.31. The summed E-state index contributed by atoms with van der Waals surface area (Å²) in [7, 11) is 1.78. The van der Waals surface area contributed by atoms with Gasteiger partial charge >= 0.3 is 0 Å². The van der Waals surface area contributed by atoms with Gasteiger partial charge in [-0.2, -0.15) is 5.10 Å². The van der Waals surface area contributed by atoms with Crippen molar-refractivity contribution in [2.45, 2.75) is 18.7 Å². The Morgan fingerprint density at radius 3 is 2.80 bits per heavy atom. The molecule has 7 nitrogen and oxygen atoms in total. The number of rotatable bonds is 3. The van der Waals surface area contributed by atoms with Gasteiger partial charge in [0.25, 0.3) is 5.91 Å². The molecular formula is C18H20N4O3. The lowest BCUT2D eigenvalue weighted by Crippen LogP contribution is -2.53. The van der Waals surface area contributed by atoms with Crippen LogP contribution < -0.4 is 0 Å². The molecule has 4 rings (SSSR count). The fourth-order valence-corrected chi connectivity index (χ4v) is 3.53. The molecule has 7 heteroatoms. The summed E-state index contributed by atoms with van der Waals surface area (Å²) in [5, 5.41) is 4.06. The number of aromatic nitrogens is 2. The third kappa shape index (κ3) is 3.02. The van der Waals surface area contributed by atoms with Crippen LogP contribution in [0.15, 0.2) is 42.7 Å². The predicted octanol–water partition coefficient (Wildman–Crippen LogP) is 0.672. The Morgan fingerprint density at radius 2 is 2.08 bits per heavy atom. The third-order valence-electron chi connectivity index (χ3n) is 4.81. The molecule has 2 aliphatic rings. The molecule has 25 heavy (non-hydrogen) atoms. The quantitative estimate of drug-likeness (QED) is 0.824.